The average Bonchev–Trinajstić information content (AvgIpc) is 3.49. The average molecular weight is 512 g/mol. The molecular weight excluding hydrogens is 482 g/mol. The summed E-state index contributed by atoms with van der Waals surface area (Å²) in [6.45, 7) is 3.68. The molecule has 3 unspecified atom stereocenters. The van der Waals surface area contributed by atoms with Crippen molar-refractivity contribution in [1.29, 1.82) is 0 Å². The van der Waals surface area contributed by atoms with Gasteiger partial charge >= 0.3 is 0 Å². The van der Waals surface area contributed by atoms with Crippen molar-refractivity contribution < 1.29 is 19.2 Å². The molecule has 2 saturated heterocycles. The molecule has 4 amide bonds. The van der Waals surface area contributed by atoms with Crippen LogP contribution in [0, 0.1) is 11.8 Å². The number of allylic oxidation sites excluding steroid dienone is 1. The molecule has 1 N–H and O–H groups in total. The Hall–Kier alpha value is -4.27. The third kappa shape index (κ3) is 4.38. The van der Waals surface area contributed by atoms with E-state index >= 15 is 0 Å². The van der Waals surface area contributed by atoms with Gasteiger partial charge in [0.1, 0.15) is 11.9 Å². The van der Waals surface area contributed by atoms with Crippen molar-refractivity contribution in [2.75, 3.05) is 38.0 Å². The molecule has 0 radical (unpaired) electrons. The molecule has 2 aromatic rings. The summed E-state index contributed by atoms with van der Waals surface area (Å²) in [5, 5.41) is 2.73. The fourth-order valence-corrected chi connectivity index (χ4v) is 5.96. The highest BCUT2D eigenvalue weighted by molar-refractivity contribution is 6.09. The maximum atomic E-state index is 13.3. The standard InChI is InChI=1S/C29H29N5O4/c1-18(35)32-9-10-34-25(17-32)28(37)31-27-24(29(34)38)11-19(14-30-27)7-8-26(36)33-15-22-12-21(13-23(22)16-33)20-5-3-2-4-6-20/h2-8,11-12,14,22-23,25H,9-10,13,15-17H2,1H3,(H,30,31,37)/b8-7+. The molecule has 3 atom stereocenters. The number of hydrogen-bond donors (Lipinski definition) is 1. The number of piperazine rings is 1. The monoisotopic (exact) mass is 511 g/mol. The van der Waals surface area contributed by atoms with Crippen molar-refractivity contribution in [1.82, 2.24) is 19.7 Å². The second-order valence-electron chi connectivity index (χ2n) is 10.4. The fraction of sp³-hybridized carbons (Fsp3) is 0.345. The maximum absolute atomic E-state index is 13.3. The molecule has 38 heavy (non-hydrogen) atoms. The van der Waals surface area contributed by atoms with Crippen LogP contribution in [0.4, 0.5) is 5.82 Å². The number of rotatable bonds is 3. The molecule has 194 valence electrons. The van der Waals surface area contributed by atoms with E-state index in [0.29, 0.717) is 30.5 Å². The summed E-state index contributed by atoms with van der Waals surface area (Å²) in [6.07, 6.45) is 8.03. The Morgan fingerprint density at radius 3 is 2.63 bits per heavy atom. The van der Waals surface area contributed by atoms with Crippen LogP contribution in [0.25, 0.3) is 11.6 Å². The third-order valence-electron chi connectivity index (χ3n) is 8.03. The highest BCUT2D eigenvalue weighted by atomic mass is 16.2. The molecule has 1 aromatic heterocycles. The number of nitrogens with one attached hydrogen (secondary N) is 1. The van der Waals surface area contributed by atoms with E-state index < -0.39 is 6.04 Å². The molecule has 4 heterocycles. The number of carbonyl (C=O) groups is 4. The van der Waals surface area contributed by atoms with Crippen LogP contribution >= 0.6 is 0 Å². The molecule has 6 rings (SSSR count). The molecule has 4 aliphatic rings. The Morgan fingerprint density at radius 1 is 1.05 bits per heavy atom. The number of likely N-dealkylation sites (tertiary alicyclic amines) is 1. The number of benzene rings is 1. The van der Waals surface area contributed by atoms with Gasteiger partial charge in [0.2, 0.25) is 17.7 Å². The van der Waals surface area contributed by atoms with Gasteiger partial charge in [-0.1, -0.05) is 36.4 Å². The van der Waals surface area contributed by atoms with Crippen molar-refractivity contribution in [2.45, 2.75) is 19.4 Å². The van der Waals surface area contributed by atoms with Crippen molar-refractivity contribution in [3.8, 4) is 0 Å². The summed E-state index contributed by atoms with van der Waals surface area (Å²) < 4.78 is 0. The van der Waals surface area contributed by atoms with Gasteiger partial charge in [-0.25, -0.2) is 4.98 Å². The van der Waals surface area contributed by atoms with Crippen LogP contribution in [-0.2, 0) is 14.4 Å². The fourth-order valence-electron chi connectivity index (χ4n) is 5.96. The Labute approximate surface area is 220 Å². The lowest BCUT2D eigenvalue weighted by Gasteiger charge is -2.38. The Kier molecular flexibility index (Phi) is 6.06. The van der Waals surface area contributed by atoms with Crippen LogP contribution in [0.2, 0.25) is 0 Å². The first-order chi connectivity index (χ1) is 18.4. The normalized spacial score (nSPS) is 24.5. The van der Waals surface area contributed by atoms with Crippen LogP contribution in [-0.4, -0.2) is 82.1 Å². The maximum Gasteiger partial charge on any atom is 0.258 e. The van der Waals surface area contributed by atoms with Crippen LogP contribution in [0.3, 0.4) is 0 Å². The third-order valence-corrected chi connectivity index (χ3v) is 8.03. The van der Waals surface area contributed by atoms with Gasteiger partial charge in [0.25, 0.3) is 5.91 Å². The molecular formula is C29H29N5O4. The van der Waals surface area contributed by atoms with Crippen molar-refractivity contribution in [3.05, 3.63) is 71.4 Å². The smallest absolute Gasteiger partial charge is 0.258 e. The number of aromatic nitrogens is 1. The zero-order chi connectivity index (χ0) is 26.4. The molecule has 0 bridgehead atoms. The van der Waals surface area contributed by atoms with Crippen molar-refractivity contribution in [3.63, 3.8) is 0 Å². The van der Waals surface area contributed by atoms with E-state index in [1.807, 2.05) is 11.0 Å². The number of amides is 4. The highest BCUT2D eigenvalue weighted by Crippen LogP contribution is 2.41. The van der Waals surface area contributed by atoms with Gasteiger partial charge in [0.05, 0.1) is 12.1 Å². The number of pyridine rings is 1. The van der Waals surface area contributed by atoms with Crippen molar-refractivity contribution >= 4 is 41.1 Å². The zero-order valence-electron chi connectivity index (χ0n) is 21.2. The van der Waals surface area contributed by atoms with Gasteiger partial charge in [-0.05, 0) is 47.1 Å². The lowest BCUT2D eigenvalue weighted by Crippen LogP contribution is -2.59. The molecule has 2 fully saturated rings. The summed E-state index contributed by atoms with van der Waals surface area (Å²) >= 11 is 0. The largest absolute Gasteiger partial charge is 0.339 e. The number of carbonyl (C=O) groups excluding carboxylic acids is 4. The number of fused-ring (bicyclic) bond motifs is 3. The predicted molar refractivity (Wildman–Crippen MR) is 142 cm³/mol. The van der Waals surface area contributed by atoms with E-state index in [1.165, 1.54) is 35.2 Å². The minimum atomic E-state index is -0.763. The highest BCUT2D eigenvalue weighted by Gasteiger charge is 2.40. The van der Waals surface area contributed by atoms with E-state index in [2.05, 4.69) is 40.6 Å². The molecule has 0 spiro atoms. The van der Waals surface area contributed by atoms with Crippen LogP contribution in [0.15, 0.2) is 54.7 Å². The Bertz CT molecular complexity index is 1380. The van der Waals surface area contributed by atoms with Gasteiger partial charge in [0.15, 0.2) is 0 Å². The number of hydrogen-bond acceptors (Lipinski definition) is 5. The molecule has 1 aliphatic carbocycles. The van der Waals surface area contributed by atoms with E-state index in [-0.39, 0.29) is 48.1 Å². The second-order valence-corrected chi connectivity index (χ2v) is 10.4. The van der Waals surface area contributed by atoms with Crippen molar-refractivity contribution in [2.24, 2.45) is 11.8 Å². The van der Waals surface area contributed by atoms with Crippen LogP contribution < -0.4 is 5.32 Å². The lowest BCUT2D eigenvalue weighted by atomic mass is 9.98. The summed E-state index contributed by atoms with van der Waals surface area (Å²) in [6, 6.07) is 11.3. The van der Waals surface area contributed by atoms with Gasteiger partial charge in [-0.15, -0.1) is 0 Å². The van der Waals surface area contributed by atoms with Crippen LogP contribution in [0.1, 0.15) is 34.8 Å². The molecule has 9 heteroatoms. The summed E-state index contributed by atoms with van der Waals surface area (Å²) in [5.74, 6) is 0.136. The topological polar surface area (TPSA) is 103 Å². The zero-order valence-corrected chi connectivity index (χ0v) is 21.2. The minimum absolute atomic E-state index is 0.0657. The first kappa shape index (κ1) is 24.1. The van der Waals surface area contributed by atoms with Gasteiger partial charge < -0.3 is 20.0 Å². The number of nitrogens with zero attached hydrogens (tertiary/aromatic N) is 4. The first-order valence-corrected chi connectivity index (χ1v) is 13.0. The molecule has 1 aromatic carbocycles. The first-order valence-electron chi connectivity index (χ1n) is 13.0. The second kappa shape index (κ2) is 9.55. The van der Waals surface area contributed by atoms with E-state index in [4.69, 9.17) is 0 Å². The Morgan fingerprint density at radius 2 is 1.87 bits per heavy atom. The van der Waals surface area contributed by atoms with Crippen LogP contribution in [0.5, 0.6) is 0 Å². The van der Waals surface area contributed by atoms with Gasteiger partial charge in [0, 0.05) is 45.4 Å². The number of anilines is 1. The quantitative estimate of drug-likeness (QED) is 0.637. The van der Waals surface area contributed by atoms with E-state index in [1.54, 1.807) is 17.0 Å². The predicted octanol–water partition coefficient (Wildman–Crippen LogP) is 2.28. The van der Waals surface area contributed by atoms with Gasteiger partial charge in [-0.2, -0.15) is 0 Å². The van der Waals surface area contributed by atoms with E-state index in [9.17, 15) is 19.2 Å². The summed E-state index contributed by atoms with van der Waals surface area (Å²) in [5.41, 5.74) is 3.50. The SMILES string of the molecule is CC(=O)N1CCN2C(=O)c3cc(/C=C/C(=O)N4CC5C=C(c6ccccc6)CC5C4)cnc3NC(=O)C2C1. The van der Waals surface area contributed by atoms with Gasteiger partial charge in [-0.3, -0.25) is 19.2 Å². The Balaban J connectivity index is 1.14. The summed E-state index contributed by atoms with van der Waals surface area (Å²) in [4.78, 5) is 60.1. The minimum Gasteiger partial charge on any atom is -0.339 e. The lowest BCUT2D eigenvalue weighted by molar-refractivity contribution is -0.133. The summed E-state index contributed by atoms with van der Waals surface area (Å²) in [7, 11) is 0. The molecule has 9 nitrogen and oxygen atoms in total. The van der Waals surface area contributed by atoms with E-state index in [0.717, 1.165) is 13.0 Å². The molecule has 3 aliphatic heterocycles. The molecule has 0 saturated carbocycles.